The highest BCUT2D eigenvalue weighted by molar-refractivity contribution is 4.94. The lowest BCUT2D eigenvalue weighted by atomic mass is 10.2. The molecule has 21 heavy (non-hydrogen) atoms. The molecule has 0 unspecified atom stereocenters. The van der Waals surface area contributed by atoms with Crippen LogP contribution in [0.1, 0.15) is 52.4 Å². The molecule has 0 bridgehead atoms. The molecule has 2 aliphatic rings. The average Bonchev–Trinajstić information content (AvgIpc) is 3.10. The smallest absolute Gasteiger partial charge is 0.0927 e. The van der Waals surface area contributed by atoms with Crippen LogP contribution in [0.2, 0.25) is 0 Å². The van der Waals surface area contributed by atoms with Crippen molar-refractivity contribution in [3.63, 3.8) is 0 Å². The van der Waals surface area contributed by atoms with Crippen LogP contribution < -0.4 is 0 Å². The van der Waals surface area contributed by atoms with Gasteiger partial charge < -0.3 is 19.6 Å². The maximum atomic E-state index is 2.43. The Bertz CT molecular complexity index is 308. The van der Waals surface area contributed by atoms with E-state index in [4.69, 9.17) is 0 Å². The van der Waals surface area contributed by atoms with Crippen molar-refractivity contribution in [1.29, 1.82) is 0 Å². The van der Waals surface area contributed by atoms with Crippen molar-refractivity contribution in [2.75, 3.05) is 33.1 Å². The molecule has 2 heterocycles. The molecule has 4 nitrogen and oxygen atoms in total. The van der Waals surface area contributed by atoms with Crippen LogP contribution >= 0.6 is 0 Å². The number of unbranched alkanes of at least 4 members (excludes halogenated alkanes) is 4. The monoisotopic (exact) mass is 292 g/mol. The van der Waals surface area contributed by atoms with Gasteiger partial charge in [-0.1, -0.05) is 39.5 Å². The van der Waals surface area contributed by atoms with Gasteiger partial charge in [0.05, 0.1) is 20.0 Å². The van der Waals surface area contributed by atoms with Gasteiger partial charge in [-0.05, 0) is 12.8 Å². The summed E-state index contributed by atoms with van der Waals surface area (Å²) in [5.74, 6) is 0. The van der Waals surface area contributed by atoms with Gasteiger partial charge in [0, 0.05) is 37.9 Å². The number of hydrogen-bond donors (Lipinski definition) is 0. The van der Waals surface area contributed by atoms with Crippen molar-refractivity contribution >= 4 is 0 Å². The van der Waals surface area contributed by atoms with E-state index in [9.17, 15) is 0 Å². The van der Waals surface area contributed by atoms with E-state index in [-0.39, 0.29) is 0 Å². The first-order valence-corrected chi connectivity index (χ1v) is 8.64. The van der Waals surface area contributed by atoms with Crippen molar-refractivity contribution < 1.29 is 0 Å². The van der Waals surface area contributed by atoms with E-state index in [1.54, 1.807) is 0 Å². The van der Waals surface area contributed by atoms with Gasteiger partial charge in [-0.3, -0.25) is 0 Å². The third-order valence-corrected chi connectivity index (χ3v) is 4.16. The van der Waals surface area contributed by atoms with Crippen LogP contribution in [0.4, 0.5) is 0 Å². The van der Waals surface area contributed by atoms with Crippen molar-refractivity contribution in [2.45, 2.75) is 52.4 Å². The lowest BCUT2D eigenvalue weighted by Gasteiger charge is -2.27. The minimum absolute atomic E-state index is 1.00. The molecule has 0 aromatic heterocycles. The molecule has 0 amide bonds. The van der Waals surface area contributed by atoms with Crippen molar-refractivity contribution in [2.24, 2.45) is 0 Å². The minimum Gasteiger partial charge on any atom is -0.359 e. The molecule has 4 heteroatoms. The first-order valence-electron chi connectivity index (χ1n) is 8.64. The highest BCUT2D eigenvalue weighted by atomic mass is 15.4. The minimum atomic E-state index is 1.00. The van der Waals surface area contributed by atoms with Gasteiger partial charge in [-0.15, -0.1) is 0 Å². The van der Waals surface area contributed by atoms with Gasteiger partial charge in [-0.25, -0.2) is 0 Å². The van der Waals surface area contributed by atoms with E-state index >= 15 is 0 Å². The zero-order chi connectivity index (χ0) is 14.9. The first kappa shape index (κ1) is 16.1. The third-order valence-electron chi connectivity index (χ3n) is 4.16. The SMILES string of the molecule is CCCCCN1C=CN(CN2C=CN(CCCCC)C2)C1. The Morgan fingerprint density at radius 1 is 0.619 bits per heavy atom. The molecule has 0 saturated heterocycles. The summed E-state index contributed by atoms with van der Waals surface area (Å²) in [7, 11) is 0. The molecule has 0 spiro atoms. The number of nitrogens with zero attached hydrogens (tertiary/aromatic N) is 4. The molecule has 0 aromatic rings. The largest absolute Gasteiger partial charge is 0.359 e. The van der Waals surface area contributed by atoms with E-state index in [0.717, 1.165) is 20.0 Å². The summed E-state index contributed by atoms with van der Waals surface area (Å²) in [6.45, 7) is 10.0. The zero-order valence-corrected chi connectivity index (χ0v) is 13.9. The second-order valence-corrected chi connectivity index (χ2v) is 6.24. The Kier molecular flexibility index (Phi) is 6.77. The van der Waals surface area contributed by atoms with Gasteiger partial charge in [0.1, 0.15) is 0 Å². The standard InChI is InChI=1S/C17H32N4/c1-3-5-7-9-18-11-13-20(15-18)17-21-14-12-19(16-21)10-8-6-4-2/h11-14H,3-10,15-17H2,1-2H3. The molecular formula is C17H32N4. The molecule has 0 N–H and O–H groups in total. The van der Waals surface area contributed by atoms with E-state index < -0.39 is 0 Å². The second kappa shape index (κ2) is 8.85. The van der Waals surface area contributed by atoms with Crippen molar-refractivity contribution in [1.82, 2.24) is 19.6 Å². The van der Waals surface area contributed by atoms with Crippen LogP contribution in [0.5, 0.6) is 0 Å². The van der Waals surface area contributed by atoms with Crippen molar-refractivity contribution in [3.8, 4) is 0 Å². The Labute approximate surface area is 130 Å². The topological polar surface area (TPSA) is 13.0 Å². The highest BCUT2D eigenvalue weighted by Crippen LogP contribution is 2.13. The lowest BCUT2D eigenvalue weighted by molar-refractivity contribution is 0.162. The first-order chi connectivity index (χ1) is 10.3. The second-order valence-electron chi connectivity index (χ2n) is 6.24. The summed E-state index contributed by atoms with van der Waals surface area (Å²) in [5, 5.41) is 0. The normalized spacial score (nSPS) is 17.6. The van der Waals surface area contributed by atoms with Gasteiger partial charge in [0.25, 0.3) is 0 Å². The summed E-state index contributed by atoms with van der Waals surface area (Å²) in [6, 6.07) is 0. The molecule has 2 rings (SSSR count). The van der Waals surface area contributed by atoms with E-state index in [2.05, 4.69) is 58.2 Å². The maximum absolute atomic E-state index is 2.43. The molecule has 0 radical (unpaired) electrons. The molecule has 120 valence electrons. The molecule has 0 atom stereocenters. The Hall–Kier alpha value is -1.32. The Morgan fingerprint density at radius 2 is 1.05 bits per heavy atom. The molecule has 0 fully saturated rings. The van der Waals surface area contributed by atoms with Crippen LogP contribution in [0, 0.1) is 0 Å². The van der Waals surface area contributed by atoms with E-state index in [1.807, 2.05) is 0 Å². The van der Waals surface area contributed by atoms with Crippen LogP contribution in [-0.2, 0) is 0 Å². The lowest BCUT2D eigenvalue weighted by Crippen LogP contribution is -2.36. The van der Waals surface area contributed by atoms with E-state index in [1.165, 1.54) is 51.6 Å². The molecule has 0 aromatic carbocycles. The quantitative estimate of drug-likeness (QED) is 0.572. The zero-order valence-electron chi connectivity index (χ0n) is 13.9. The van der Waals surface area contributed by atoms with Crippen LogP contribution in [-0.4, -0.2) is 52.7 Å². The fourth-order valence-corrected chi connectivity index (χ4v) is 2.87. The summed E-state index contributed by atoms with van der Waals surface area (Å²) in [5.41, 5.74) is 0. The average molecular weight is 292 g/mol. The number of rotatable bonds is 10. The van der Waals surface area contributed by atoms with E-state index in [0.29, 0.717) is 0 Å². The highest BCUT2D eigenvalue weighted by Gasteiger charge is 2.17. The third kappa shape index (κ3) is 5.52. The Morgan fingerprint density at radius 3 is 1.48 bits per heavy atom. The molecular weight excluding hydrogens is 260 g/mol. The predicted octanol–water partition coefficient (Wildman–Crippen LogP) is 3.42. The van der Waals surface area contributed by atoms with Crippen molar-refractivity contribution in [3.05, 3.63) is 24.8 Å². The summed E-state index contributed by atoms with van der Waals surface area (Å²) in [6.07, 6.45) is 16.9. The summed E-state index contributed by atoms with van der Waals surface area (Å²) >= 11 is 0. The van der Waals surface area contributed by atoms with Crippen LogP contribution in [0.25, 0.3) is 0 Å². The van der Waals surface area contributed by atoms with Gasteiger partial charge in [-0.2, -0.15) is 0 Å². The molecule has 2 aliphatic heterocycles. The Balaban J connectivity index is 1.59. The van der Waals surface area contributed by atoms with Crippen LogP contribution in [0.15, 0.2) is 24.8 Å². The fraction of sp³-hybridized carbons (Fsp3) is 0.765. The molecule has 0 saturated carbocycles. The maximum Gasteiger partial charge on any atom is 0.0927 e. The van der Waals surface area contributed by atoms with Crippen LogP contribution in [0.3, 0.4) is 0 Å². The predicted molar refractivity (Wildman–Crippen MR) is 89.0 cm³/mol. The van der Waals surface area contributed by atoms with Gasteiger partial charge in [0.2, 0.25) is 0 Å². The van der Waals surface area contributed by atoms with Gasteiger partial charge in [0.15, 0.2) is 0 Å². The summed E-state index contributed by atoms with van der Waals surface area (Å²) in [4.78, 5) is 9.64. The van der Waals surface area contributed by atoms with Gasteiger partial charge >= 0.3 is 0 Å². The summed E-state index contributed by atoms with van der Waals surface area (Å²) < 4.78 is 0. The number of hydrogen-bond acceptors (Lipinski definition) is 4. The fourth-order valence-electron chi connectivity index (χ4n) is 2.87. The molecule has 0 aliphatic carbocycles.